The van der Waals surface area contributed by atoms with E-state index >= 15 is 0 Å². The molecule has 9 rings (SSSR count). The summed E-state index contributed by atoms with van der Waals surface area (Å²) in [5.41, 5.74) is 0. The number of ether oxygens (including phenoxy) is 2. The molecule has 15 unspecified atom stereocenters. The number of hydrogen-bond donors (Lipinski definition) is 1. The van der Waals surface area contributed by atoms with E-state index in [1.807, 2.05) is 42.5 Å². The van der Waals surface area contributed by atoms with Gasteiger partial charge in [-0.05, 0) is 152 Å². The van der Waals surface area contributed by atoms with Crippen molar-refractivity contribution in [2.75, 3.05) is 23.9 Å². The fourth-order valence-electron chi connectivity index (χ4n) is 11.7. The second kappa shape index (κ2) is 23.2. The molecule has 58 heavy (non-hydrogen) atoms. The molecular weight excluding hydrogens is 866 g/mol. The minimum atomic E-state index is -3.67. The molecule has 6 nitrogen and oxygen atoms in total. The predicted octanol–water partition coefficient (Wildman–Crippen LogP) is 8.61. The van der Waals surface area contributed by atoms with Crippen molar-refractivity contribution in [2.24, 2.45) is 88.8 Å². The molecule has 0 radical (unpaired) electrons. The molecule has 6 saturated carbocycles. The molecule has 0 saturated heterocycles. The van der Waals surface area contributed by atoms with Gasteiger partial charge >= 0.3 is 29.6 Å². The molecular formula is C49H70INaO6S. The molecule has 316 valence electrons. The normalized spacial score (nSPS) is 35.7. The van der Waals surface area contributed by atoms with E-state index in [0.29, 0.717) is 6.26 Å². The van der Waals surface area contributed by atoms with Crippen LogP contribution in [0.25, 0.3) is 0 Å². The Labute approximate surface area is 387 Å². The van der Waals surface area contributed by atoms with Gasteiger partial charge in [-0.1, -0.05) is 131 Å². The maximum atomic E-state index is 10.3. The zero-order valence-corrected chi connectivity index (χ0v) is 41.4. The van der Waals surface area contributed by atoms with Gasteiger partial charge in [0.25, 0.3) is 10.1 Å². The van der Waals surface area contributed by atoms with Gasteiger partial charge in [0.2, 0.25) is 0 Å². The van der Waals surface area contributed by atoms with Crippen molar-refractivity contribution in [1.82, 2.24) is 0 Å². The zero-order valence-electron chi connectivity index (χ0n) is 36.5. The zero-order chi connectivity index (χ0) is 41.3. The average molecular weight is 937 g/mol. The number of benzene rings is 3. The van der Waals surface area contributed by atoms with Crippen LogP contribution in [0.5, 0.6) is 17.2 Å². The number of alkyl halides is 1. The summed E-state index contributed by atoms with van der Waals surface area (Å²) in [7, 11) is -3.67. The van der Waals surface area contributed by atoms with Gasteiger partial charge in [0.05, 0.1) is 19.5 Å². The van der Waals surface area contributed by atoms with Gasteiger partial charge in [-0.25, -0.2) is 0 Å². The number of halogens is 1. The number of fused-ring (bicyclic) bond motifs is 6. The van der Waals surface area contributed by atoms with Gasteiger partial charge in [-0.15, -0.1) is 5.75 Å². The molecule has 1 N–H and O–H groups in total. The molecule has 0 amide bonds. The second-order valence-corrected chi connectivity index (χ2v) is 20.9. The predicted molar refractivity (Wildman–Crippen MR) is 240 cm³/mol. The fourth-order valence-corrected chi connectivity index (χ4v) is 12.7. The first-order valence-electron chi connectivity index (χ1n) is 21.7. The van der Waals surface area contributed by atoms with E-state index in [-0.39, 0.29) is 35.3 Å². The largest absolute Gasteiger partial charge is 1.00 e. The average Bonchev–Trinajstić information content (AvgIpc) is 4.05. The molecule has 0 aliphatic heterocycles. The van der Waals surface area contributed by atoms with Crippen LogP contribution in [0, 0.1) is 88.8 Å². The van der Waals surface area contributed by atoms with Crippen LogP contribution >= 0.6 is 22.6 Å². The molecule has 9 heteroatoms. The molecule has 6 aliphatic carbocycles. The van der Waals surface area contributed by atoms with Crippen molar-refractivity contribution in [1.29, 1.82) is 0 Å². The van der Waals surface area contributed by atoms with Crippen molar-refractivity contribution in [3.05, 3.63) is 91.0 Å². The minimum absolute atomic E-state index is 0. The van der Waals surface area contributed by atoms with Gasteiger partial charge in [0.15, 0.2) is 0 Å². The molecule has 6 aliphatic rings. The van der Waals surface area contributed by atoms with E-state index in [1.54, 1.807) is 25.0 Å². The molecule has 3 aromatic carbocycles. The van der Waals surface area contributed by atoms with Crippen molar-refractivity contribution < 1.29 is 57.1 Å². The number of para-hydroxylation sites is 3. The summed E-state index contributed by atoms with van der Waals surface area (Å²) in [5.74, 6) is 16.5. The standard InChI is InChI=1S/2C16H22O.C10H17I.C6H6O.CH4O3S.Na/c2*1-11-12(2)16-9-13(11)8-14(16)10-17-15-6-4-3-5-7-15;1-6-7(2)10-4-8(6)3-9(10)5-11;7-6-4-2-1-3-5-6;1-5(2,3)4;/h2*3-7,11-14,16H,8-10H2,1-2H3;6-10H,3-5H2,1-2H3;1-5,7H;1H3,(H,2,3,4);/q;;;;;+1/p-1. The Bertz CT molecular complexity index is 1620. The summed E-state index contributed by atoms with van der Waals surface area (Å²) in [4.78, 5) is 0. The van der Waals surface area contributed by atoms with Crippen molar-refractivity contribution in [3.8, 4) is 17.2 Å². The molecule has 6 fully saturated rings. The molecule has 0 spiro atoms. The van der Waals surface area contributed by atoms with Crippen LogP contribution in [0.4, 0.5) is 0 Å². The van der Waals surface area contributed by atoms with E-state index in [2.05, 4.69) is 88.4 Å². The fraction of sp³-hybridized carbons (Fsp3) is 0.633. The SMILES string of the molecule is CC1C2CC(CI)C(C2)C1C.CC1C2CC(COc3ccccc3)C(C2)C1C.CC1C2CC(COc3ccccc3)C(C2)C1C.CS(=O)(=O)O.[Na+].[O-]c1ccccc1. The first kappa shape index (κ1) is 49.4. The van der Waals surface area contributed by atoms with E-state index in [0.717, 1.165) is 113 Å². The summed E-state index contributed by atoms with van der Waals surface area (Å²) in [6, 6.07) is 28.8. The molecule has 0 aromatic heterocycles. The van der Waals surface area contributed by atoms with Crippen molar-refractivity contribution >= 4 is 32.7 Å². The maximum absolute atomic E-state index is 10.3. The summed E-state index contributed by atoms with van der Waals surface area (Å²) in [6.45, 7) is 16.5. The van der Waals surface area contributed by atoms with E-state index in [1.165, 1.54) is 42.2 Å². The molecule has 0 heterocycles. The topological polar surface area (TPSA) is 95.9 Å². The van der Waals surface area contributed by atoms with E-state index in [9.17, 15) is 13.5 Å². The van der Waals surface area contributed by atoms with Gasteiger partial charge in [-0.3, -0.25) is 4.55 Å². The van der Waals surface area contributed by atoms with Gasteiger partial charge < -0.3 is 14.6 Å². The van der Waals surface area contributed by atoms with Gasteiger partial charge in [0, 0.05) is 4.43 Å². The Kier molecular flexibility index (Phi) is 19.8. The third-order valence-corrected chi connectivity index (χ3v) is 16.6. The Morgan fingerprint density at radius 1 is 0.552 bits per heavy atom. The van der Waals surface area contributed by atoms with Crippen LogP contribution in [0.15, 0.2) is 91.0 Å². The summed E-state index contributed by atoms with van der Waals surface area (Å²) in [6.07, 6.45) is 9.49. The van der Waals surface area contributed by atoms with Crippen LogP contribution in [-0.4, -0.2) is 36.9 Å². The van der Waals surface area contributed by atoms with Crippen LogP contribution in [0.3, 0.4) is 0 Å². The first-order chi connectivity index (χ1) is 27.1. The Balaban J connectivity index is 0.000000170. The monoisotopic (exact) mass is 936 g/mol. The Morgan fingerprint density at radius 3 is 1.10 bits per heavy atom. The first-order valence-corrected chi connectivity index (χ1v) is 25.1. The summed E-state index contributed by atoms with van der Waals surface area (Å²) >= 11 is 2.57. The van der Waals surface area contributed by atoms with Crippen molar-refractivity contribution in [3.63, 3.8) is 0 Å². The van der Waals surface area contributed by atoms with Gasteiger partial charge in [-0.2, -0.15) is 8.42 Å². The van der Waals surface area contributed by atoms with Crippen LogP contribution < -0.4 is 44.1 Å². The quantitative estimate of drug-likeness (QED) is 0.110. The Hall–Kier alpha value is -1.30. The van der Waals surface area contributed by atoms with Gasteiger partial charge in [0.1, 0.15) is 11.5 Å². The third-order valence-electron chi connectivity index (χ3n) is 15.5. The van der Waals surface area contributed by atoms with Crippen LogP contribution in [0.1, 0.15) is 80.1 Å². The van der Waals surface area contributed by atoms with Crippen LogP contribution in [-0.2, 0) is 10.1 Å². The number of rotatable bonds is 7. The smallest absolute Gasteiger partial charge is 0.872 e. The Morgan fingerprint density at radius 2 is 0.845 bits per heavy atom. The van der Waals surface area contributed by atoms with E-state index < -0.39 is 10.1 Å². The van der Waals surface area contributed by atoms with Crippen molar-refractivity contribution in [2.45, 2.75) is 80.1 Å². The third kappa shape index (κ3) is 13.9. The maximum Gasteiger partial charge on any atom is 1.00 e. The second-order valence-electron chi connectivity index (χ2n) is 18.6. The summed E-state index contributed by atoms with van der Waals surface area (Å²) < 4.78 is 39.1. The minimum Gasteiger partial charge on any atom is -0.872 e. The van der Waals surface area contributed by atoms with E-state index in [4.69, 9.17) is 14.0 Å². The molecule has 3 aromatic rings. The molecule has 6 bridgehead atoms. The van der Waals surface area contributed by atoms with Crippen LogP contribution in [0.2, 0.25) is 0 Å². The summed E-state index contributed by atoms with van der Waals surface area (Å²) in [5, 5.41) is 10.3. The molecule has 15 atom stereocenters. The number of hydrogen-bond acceptors (Lipinski definition) is 5.